The number of piperidine rings is 1. The highest BCUT2D eigenvalue weighted by molar-refractivity contribution is 7.89. The lowest BCUT2D eigenvalue weighted by atomic mass is 10.1. The van der Waals surface area contributed by atoms with Gasteiger partial charge in [0.25, 0.3) is 5.91 Å². The van der Waals surface area contributed by atoms with E-state index in [4.69, 9.17) is 4.74 Å². The molecule has 10 heteroatoms. The van der Waals surface area contributed by atoms with Crippen LogP contribution >= 0.6 is 11.3 Å². The summed E-state index contributed by atoms with van der Waals surface area (Å²) in [4.78, 5) is 28.8. The lowest BCUT2D eigenvalue weighted by Crippen LogP contribution is -2.35. The van der Waals surface area contributed by atoms with Crippen LogP contribution in [0.2, 0.25) is 0 Å². The molecule has 180 valence electrons. The van der Waals surface area contributed by atoms with Gasteiger partial charge in [-0.1, -0.05) is 36.0 Å². The fourth-order valence-electron chi connectivity index (χ4n) is 3.79. The molecule has 0 unspecified atom stereocenters. The van der Waals surface area contributed by atoms with E-state index in [9.17, 15) is 18.0 Å². The summed E-state index contributed by atoms with van der Waals surface area (Å²) >= 11 is 1.36. The van der Waals surface area contributed by atoms with Gasteiger partial charge in [-0.15, -0.1) is 0 Å². The number of sulfonamides is 1. The first-order valence-corrected chi connectivity index (χ1v) is 13.5. The van der Waals surface area contributed by atoms with Crippen molar-refractivity contribution in [1.82, 2.24) is 9.29 Å². The van der Waals surface area contributed by atoms with Crippen molar-refractivity contribution in [3.05, 3.63) is 53.6 Å². The SMILES string of the molecule is Cc1ccc2nc(NC(=O)COC(=O)CCc3ccc(S(=O)(=O)N4CCCCC4)cc3)sc2c1. The number of fused-ring (bicyclic) bond motifs is 1. The van der Waals surface area contributed by atoms with Crippen LogP contribution in [0.3, 0.4) is 0 Å². The van der Waals surface area contributed by atoms with Crippen molar-refractivity contribution >= 4 is 48.6 Å². The Labute approximate surface area is 203 Å². The third kappa shape index (κ3) is 5.99. The van der Waals surface area contributed by atoms with Gasteiger partial charge in [-0.2, -0.15) is 4.31 Å². The molecule has 0 atom stereocenters. The average molecular weight is 502 g/mol. The lowest BCUT2D eigenvalue weighted by Gasteiger charge is -2.25. The first kappa shape index (κ1) is 24.3. The minimum Gasteiger partial charge on any atom is -0.456 e. The molecule has 8 nitrogen and oxygen atoms in total. The number of rotatable bonds is 8. The molecule has 1 N–H and O–H groups in total. The van der Waals surface area contributed by atoms with Crippen molar-refractivity contribution in [2.24, 2.45) is 0 Å². The predicted molar refractivity (Wildman–Crippen MR) is 131 cm³/mol. The third-order valence-corrected chi connectivity index (χ3v) is 8.49. The maximum atomic E-state index is 12.7. The highest BCUT2D eigenvalue weighted by Crippen LogP contribution is 2.26. The van der Waals surface area contributed by atoms with Gasteiger partial charge in [0.15, 0.2) is 11.7 Å². The van der Waals surface area contributed by atoms with Gasteiger partial charge in [-0.05, 0) is 61.6 Å². The number of hydrogen-bond donors (Lipinski definition) is 1. The maximum Gasteiger partial charge on any atom is 0.306 e. The maximum absolute atomic E-state index is 12.7. The van der Waals surface area contributed by atoms with Crippen LogP contribution in [-0.2, 0) is 30.8 Å². The molecular weight excluding hydrogens is 474 g/mol. The second-order valence-electron chi connectivity index (χ2n) is 8.31. The van der Waals surface area contributed by atoms with Gasteiger partial charge in [-0.25, -0.2) is 13.4 Å². The average Bonchev–Trinajstić information content (AvgIpc) is 3.23. The molecule has 0 radical (unpaired) electrons. The van der Waals surface area contributed by atoms with Gasteiger partial charge in [0.05, 0.1) is 15.1 Å². The zero-order valence-corrected chi connectivity index (χ0v) is 20.6. The summed E-state index contributed by atoms with van der Waals surface area (Å²) in [7, 11) is -3.47. The number of thiazole rings is 1. The first-order valence-electron chi connectivity index (χ1n) is 11.2. The van der Waals surface area contributed by atoms with Crippen molar-refractivity contribution in [2.45, 2.75) is 43.9 Å². The molecule has 0 aliphatic carbocycles. The van der Waals surface area contributed by atoms with E-state index in [2.05, 4.69) is 10.3 Å². The highest BCUT2D eigenvalue weighted by Gasteiger charge is 2.25. The Bertz CT molecular complexity index is 1280. The number of nitrogens with zero attached hydrogens (tertiary/aromatic N) is 2. The Kier molecular flexibility index (Phi) is 7.60. The Morgan fingerprint density at radius 3 is 2.56 bits per heavy atom. The van der Waals surface area contributed by atoms with E-state index < -0.39 is 21.9 Å². The molecule has 0 bridgehead atoms. The van der Waals surface area contributed by atoms with Crippen LogP contribution < -0.4 is 5.32 Å². The molecule has 34 heavy (non-hydrogen) atoms. The van der Waals surface area contributed by atoms with Crippen LogP contribution in [-0.4, -0.2) is 49.3 Å². The minimum absolute atomic E-state index is 0.0892. The predicted octanol–water partition coefficient (Wildman–Crippen LogP) is 3.89. The van der Waals surface area contributed by atoms with Gasteiger partial charge in [0.2, 0.25) is 10.0 Å². The number of nitrogens with one attached hydrogen (secondary N) is 1. The number of aromatic nitrogens is 1. The molecule has 1 aromatic heterocycles. The number of amides is 1. The Morgan fingerprint density at radius 1 is 1.09 bits per heavy atom. The molecule has 4 rings (SSSR count). The number of carbonyl (C=O) groups is 2. The van der Waals surface area contributed by atoms with E-state index >= 15 is 0 Å². The normalized spacial score (nSPS) is 14.7. The number of ether oxygens (including phenoxy) is 1. The van der Waals surface area contributed by atoms with Crippen LogP contribution in [0, 0.1) is 6.92 Å². The Morgan fingerprint density at radius 2 is 1.82 bits per heavy atom. The summed E-state index contributed by atoms with van der Waals surface area (Å²) in [6.07, 6.45) is 3.31. The summed E-state index contributed by atoms with van der Waals surface area (Å²) in [5.74, 6) is -0.948. The number of esters is 1. The molecule has 3 aromatic rings. The molecule has 1 amide bonds. The number of hydrogen-bond acceptors (Lipinski definition) is 7. The molecule has 1 aliphatic rings. The largest absolute Gasteiger partial charge is 0.456 e. The summed E-state index contributed by atoms with van der Waals surface area (Å²) in [5.41, 5.74) is 2.74. The Hall–Kier alpha value is -2.82. The van der Waals surface area contributed by atoms with Gasteiger partial charge in [-0.3, -0.25) is 14.9 Å². The molecule has 1 aliphatic heterocycles. The molecular formula is C24H27N3O5S2. The number of anilines is 1. The van der Waals surface area contributed by atoms with Crippen LogP contribution in [0.15, 0.2) is 47.4 Å². The summed E-state index contributed by atoms with van der Waals surface area (Å²) in [6, 6.07) is 12.4. The fraction of sp³-hybridized carbons (Fsp3) is 0.375. The minimum atomic E-state index is -3.47. The lowest BCUT2D eigenvalue weighted by molar-refractivity contribution is -0.147. The van der Waals surface area contributed by atoms with E-state index in [0.29, 0.717) is 24.6 Å². The fourth-order valence-corrected chi connectivity index (χ4v) is 6.28. The highest BCUT2D eigenvalue weighted by atomic mass is 32.2. The summed E-state index contributed by atoms with van der Waals surface area (Å²) in [6.45, 7) is 2.72. The number of aryl methyl sites for hydroxylation is 2. The monoisotopic (exact) mass is 501 g/mol. The van der Waals surface area contributed by atoms with Gasteiger partial charge < -0.3 is 4.74 Å². The second-order valence-corrected chi connectivity index (χ2v) is 11.3. The van der Waals surface area contributed by atoms with Crippen LogP contribution in [0.4, 0.5) is 5.13 Å². The van der Waals surface area contributed by atoms with Crippen molar-refractivity contribution in [3.8, 4) is 0 Å². The number of benzene rings is 2. The zero-order chi connectivity index (χ0) is 24.1. The standard InChI is InChI=1S/C24H27N3O5S2/c1-17-5-11-20-21(15-17)33-24(25-20)26-22(28)16-32-23(29)12-8-18-6-9-19(10-7-18)34(30,31)27-13-3-2-4-14-27/h5-7,9-11,15H,2-4,8,12-14,16H2,1H3,(H,25,26,28). The molecule has 2 aromatic carbocycles. The van der Waals surface area contributed by atoms with Gasteiger partial charge in [0, 0.05) is 19.5 Å². The van der Waals surface area contributed by atoms with Crippen molar-refractivity contribution in [2.75, 3.05) is 25.0 Å². The molecule has 1 fully saturated rings. The van der Waals surface area contributed by atoms with E-state index in [1.54, 1.807) is 24.3 Å². The van der Waals surface area contributed by atoms with Crippen molar-refractivity contribution in [3.63, 3.8) is 0 Å². The summed E-state index contributed by atoms with van der Waals surface area (Å²) in [5, 5.41) is 3.12. The van der Waals surface area contributed by atoms with Crippen LogP contribution in [0.25, 0.3) is 10.2 Å². The van der Waals surface area contributed by atoms with Gasteiger partial charge in [0.1, 0.15) is 0 Å². The summed E-state index contributed by atoms with van der Waals surface area (Å²) < 4.78 is 33.0. The smallest absolute Gasteiger partial charge is 0.306 e. The third-order valence-electron chi connectivity index (χ3n) is 5.65. The van der Waals surface area contributed by atoms with E-state index in [-0.39, 0.29) is 17.9 Å². The Balaban J connectivity index is 1.23. The number of carbonyl (C=O) groups excluding carboxylic acids is 2. The molecule has 0 saturated carbocycles. The van der Waals surface area contributed by atoms with E-state index in [1.807, 2.05) is 25.1 Å². The topological polar surface area (TPSA) is 106 Å². The van der Waals surface area contributed by atoms with Crippen molar-refractivity contribution < 1.29 is 22.7 Å². The molecule has 0 spiro atoms. The van der Waals surface area contributed by atoms with Crippen molar-refractivity contribution in [1.29, 1.82) is 0 Å². The van der Waals surface area contributed by atoms with E-state index in [1.165, 1.54) is 15.6 Å². The van der Waals surface area contributed by atoms with Crippen LogP contribution in [0.1, 0.15) is 36.8 Å². The zero-order valence-electron chi connectivity index (χ0n) is 19.0. The molecule has 1 saturated heterocycles. The van der Waals surface area contributed by atoms with Gasteiger partial charge >= 0.3 is 5.97 Å². The second kappa shape index (κ2) is 10.6. The van der Waals surface area contributed by atoms with E-state index in [0.717, 1.165) is 40.6 Å². The van der Waals surface area contributed by atoms with Crippen LogP contribution in [0.5, 0.6) is 0 Å². The molecule has 2 heterocycles. The quantitative estimate of drug-likeness (QED) is 0.470. The first-order chi connectivity index (χ1) is 16.3.